The van der Waals surface area contributed by atoms with E-state index in [1.165, 1.54) is 0 Å². The molecule has 5 nitrogen and oxygen atoms in total. The summed E-state index contributed by atoms with van der Waals surface area (Å²) in [6, 6.07) is 1.04. The third-order valence-corrected chi connectivity index (χ3v) is 4.23. The molecule has 2 amide bonds. The van der Waals surface area contributed by atoms with Gasteiger partial charge in [0.2, 0.25) is 0 Å². The van der Waals surface area contributed by atoms with Gasteiger partial charge in [0.05, 0.1) is 0 Å². The van der Waals surface area contributed by atoms with Crippen LogP contribution in [-0.4, -0.2) is 67.2 Å². The molecule has 2 N–H and O–H groups in total. The molecular formula is C13H26N4O. The average Bonchev–Trinajstić information content (AvgIpc) is 2.27. The second kappa shape index (κ2) is 5.89. The van der Waals surface area contributed by atoms with Gasteiger partial charge in [-0.3, -0.25) is 4.90 Å². The Morgan fingerprint density at radius 2 is 1.78 bits per heavy atom. The first-order valence-electron chi connectivity index (χ1n) is 7.08. The normalized spacial score (nSPS) is 23.9. The van der Waals surface area contributed by atoms with E-state index in [9.17, 15) is 4.79 Å². The molecule has 2 saturated heterocycles. The maximum absolute atomic E-state index is 12.1. The van der Waals surface area contributed by atoms with Crippen molar-refractivity contribution in [1.29, 1.82) is 0 Å². The molecular weight excluding hydrogens is 228 g/mol. The van der Waals surface area contributed by atoms with Crippen LogP contribution in [0.1, 0.15) is 20.8 Å². The van der Waals surface area contributed by atoms with Crippen molar-refractivity contribution in [2.75, 3.05) is 39.3 Å². The third-order valence-electron chi connectivity index (χ3n) is 4.23. The standard InChI is InChI=1S/C13H26N4O/c1-10(2)11(3)15-13(18)17-6-4-16(5-7-17)12-8-14-9-12/h10-12,14H,4-9H2,1-3H3,(H,15,18). The topological polar surface area (TPSA) is 47.6 Å². The van der Waals surface area contributed by atoms with Crippen molar-refractivity contribution < 1.29 is 4.79 Å². The van der Waals surface area contributed by atoms with E-state index in [1.807, 2.05) is 4.90 Å². The van der Waals surface area contributed by atoms with Crippen LogP contribution in [0.5, 0.6) is 0 Å². The highest BCUT2D eigenvalue weighted by atomic mass is 16.2. The molecule has 0 bridgehead atoms. The molecule has 2 rings (SSSR count). The van der Waals surface area contributed by atoms with Crippen LogP contribution in [-0.2, 0) is 0 Å². The molecule has 0 aliphatic carbocycles. The van der Waals surface area contributed by atoms with Gasteiger partial charge in [-0.1, -0.05) is 13.8 Å². The van der Waals surface area contributed by atoms with Crippen molar-refractivity contribution in [3.8, 4) is 0 Å². The fourth-order valence-corrected chi connectivity index (χ4v) is 2.27. The number of carbonyl (C=O) groups excluding carboxylic acids is 1. The quantitative estimate of drug-likeness (QED) is 0.763. The molecule has 2 aliphatic heterocycles. The fourth-order valence-electron chi connectivity index (χ4n) is 2.27. The van der Waals surface area contributed by atoms with Crippen molar-refractivity contribution in [3.05, 3.63) is 0 Å². The summed E-state index contributed by atoms with van der Waals surface area (Å²) in [6.45, 7) is 12.3. The number of rotatable bonds is 3. The second-order valence-corrected chi connectivity index (χ2v) is 5.82. The van der Waals surface area contributed by atoms with Gasteiger partial charge in [-0.25, -0.2) is 4.79 Å². The van der Waals surface area contributed by atoms with E-state index in [0.29, 0.717) is 12.0 Å². The molecule has 0 radical (unpaired) electrons. The van der Waals surface area contributed by atoms with Gasteiger partial charge in [0.25, 0.3) is 0 Å². The second-order valence-electron chi connectivity index (χ2n) is 5.82. The lowest BCUT2D eigenvalue weighted by Crippen LogP contribution is -2.62. The Balaban J connectivity index is 1.73. The Labute approximate surface area is 110 Å². The van der Waals surface area contributed by atoms with Crippen LogP contribution in [0.15, 0.2) is 0 Å². The number of hydrogen-bond donors (Lipinski definition) is 2. The van der Waals surface area contributed by atoms with E-state index in [2.05, 4.69) is 36.3 Å². The lowest BCUT2D eigenvalue weighted by molar-refractivity contribution is 0.0833. The fraction of sp³-hybridized carbons (Fsp3) is 0.923. The molecule has 104 valence electrons. The summed E-state index contributed by atoms with van der Waals surface area (Å²) in [5.74, 6) is 0.483. The van der Waals surface area contributed by atoms with Gasteiger partial charge in [0, 0.05) is 51.4 Å². The smallest absolute Gasteiger partial charge is 0.317 e. The first kappa shape index (κ1) is 13.6. The maximum atomic E-state index is 12.1. The van der Waals surface area contributed by atoms with Crippen LogP contribution in [0.25, 0.3) is 0 Å². The maximum Gasteiger partial charge on any atom is 0.317 e. The minimum Gasteiger partial charge on any atom is -0.335 e. The Hall–Kier alpha value is -0.810. The molecule has 0 saturated carbocycles. The van der Waals surface area contributed by atoms with Gasteiger partial charge in [0.15, 0.2) is 0 Å². The summed E-state index contributed by atoms with van der Waals surface area (Å²) >= 11 is 0. The zero-order chi connectivity index (χ0) is 13.1. The number of amides is 2. The van der Waals surface area contributed by atoms with Crippen molar-refractivity contribution in [2.45, 2.75) is 32.9 Å². The van der Waals surface area contributed by atoms with Crippen LogP contribution in [0.2, 0.25) is 0 Å². The van der Waals surface area contributed by atoms with Crippen molar-refractivity contribution >= 4 is 6.03 Å². The minimum atomic E-state index is 0.0996. The van der Waals surface area contributed by atoms with E-state index < -0.39 is 0 Å². The average molecular weight is 254 g/mol. The van der Waals surface area contributed by atoms with Crippen molar-refractivity contribution in [3.63, 3.8) is 0 Å². The number of hydrogen-bond acceptors (Lipinski definition) is 3. The molecule has 0 aromatic rings. The highest BCUT2D eigenvalue weighted by Crippen LogP contribution is 2.10. The summed E-state index contributed by atoms with van der Waals surface area (Å²) < 4.78 is 0. The molecule has 5 heteroatoms. The molecule has 1 atom stereocenters. The largest absolute Gasteiger partial charge is 0.335 e. The van der Waals surface area contributed by atoms with Gasteiger partial charge >= 0.3 is 6.03 Å². The van der Waals surface area contributed by atoms with Crippen LogP contribution in [0, 0.1) is 5.92 Å². The van der Waals surface area contributed by atoms with Gasteiger partial charge in [-0.2, -0.15) is 0 Å². The molecule has 18 heavy (non-hydrogen) atoms. The molecule has 2 aliphatic rings. The monoisotopic (exact) mass is 254 g/mol. The molecule has 0 aromatic carbocycles. The Morgan fingerprint density at radius 1 is 1.17 bits per heavy atom. The summed E-state index contributed by atoms with van der Waals surface area (Å²) in [7, 11) is 0. The zero-order valence-corrected chi connectivity index (χ0v) is 11.8. The highest BCUT2D eigenvalue weighted by Gasteiger charge is 2.29. The summed E-state index contributed by atoms with van der Waals surface area (Å²) in [5, 5.41) is 6.37. The molecule has 2 heterocycles. The van der Waals surface area contributed by atoms with Gasteiger partial charge < -0.3 is 15.5 Å². The first-order valence-corrected chi connectivity index (χ1v) is 7.08. The molecule has 0 aromatic heterocycles. The third kappa shape index (κ3) is 3.14. The lowest BCUT2D eigenvalue weighted by Gasteiger charge is -2.43. The van der Waals surface area contributed by atoms with E-state index in [4.69, 9.17) is 0 Å². The number of urea groups is 1. The predicted molar refractivity (Wildman–Crippen MR) is 72.6 cm³/mol. The number of carbonyl (C=O) groups is 1. The van der Waals surface area contributed by atoms with Gasteiger partial charge in [-0.15, -0.1) is 0 Å². The summed E-state index contributed by atoms with van der Waals surface area (Å²) in [4.78, 5) is 16.5. The molecule has 1 unspecified atom stereocenters. The van der Waals surface area contributed by atoms with Gasteiger partial charge in [0.1, 0.15) is 0 Å². The minimum absolute atomic E-state index is 0.0996. The van der Waals surface area contributed by atoms with E-state index in [-0.39, 0.29) is 12.1 Å². The Bertz CT molecular complexity index is 283. The van der Waals surface area contributed by atoms with Crippen molar-refractivity contribution in [2.24, 2.45) is 5.92 Å². The number of nitrogens with one attached hydrogen (secondary N) is 2. The first-order chi connectivity index (χ1) is 8.58. The Morgan fingerprint density at radius 3 is 2.22 bits per heavy atom. The predicted octanol–water partition coefficient (Wildman–Crippen LogP) is 0.330. The van der Waals surface area contributed by atoms with E-state index in [1.54, 1.807) is 0 Å². The van der Waals surface area contributed by atoms with Crippen LogP contribution >= 0.6 is 0 Å². The Kier molecular flexibility index (Phi) is 4.45. The van der Waals surface area contributed by atoms with Gasteiger partial charge in [-0.05, 0) is 12.8 Å². The number of piperazine rings is 1. The van der Waals surface area contributed by atoms with Crippen LogP contribution < -0.4 is 10.6 Å². The number of nitrogens with zero attached hydrogens (tertiary/aromatic N) is 2. The lowest BCUT2D eigenvalue weighted by atomic mass is 10.1. The molecule has 0 spiro atoms. The summed E-state index contributed by atoms with van der Waals surface area (Å²) in [5.41, 5.74) is 0. The van der Waals surface area contributed by atoms with E-state index in [0.717, 1.165) is 39.3 Å². The summed E-state index contributed by atoms with van der Waals surface area (Å²) in [6.07, 6.45) is 0. The van der Waals surface area contributed by atoms with Crippen molar-refractivity contribution in [1.82, 2.24) is 20.4 Å². The zero-order valence-electron chi connectivity index (χ0n) is 11.8. The van der Waals surface area contributed by atoms with Crippen LogP contribution in [0.3, 0.4) is 0 Å². The highest BCUT2D eigenvalue weighted by molar-refractivity contribution is 5.74. The SMILES string of the molecule is CC(C)C(C)NC(=O)N1CCN(C2CNC2)CC1. The molecule has 2 fully saturated rings. The van der Waals surface area contributed by atoms with E-state index >= 15 is 0 Å². The van der Waals surface area contributed by atoms with Crippen LogP contribution in [0.4, 0.5) is 4.79 Å².